The SMILES string of the molecule is COC(C)(C)c1ccc(OC(F)F)c([C@H](C(=O)O)N2CC[C@@H](OCCCCCc3ccc4c(n3)NCCC4)C2)c1. The third-order valence-corrected chi connectivity index (χ3v) is 7.88. The van der Waals surface area contributed by atoms with Crippen molar-refractivity contribution >= 4 is 11.8 Å². The van der Waals surface area contributed by atoms with Crippen LogP contribution in [0, 0.1) is 0 Å². The van der Waals surface area contributed by atoms with Crippen LogP contribution in [0.2, 0.25) is 0 Å². The average Bonchev–Trinajstić information content (AvgIpc) is 3.39. The summed E-state index contributed by atoms with van der Waals surface area (Å²) in [6.07, 6.45) is 6.65. The number of nitrogens with one attached hydrogen (secondary N) is 1. The number of anilines is 1. The zero-order valence-electron chi connectivity index (χ0n) is 23.6. The number of nitrogens with zero attached hydrogens (tertiary/aromatic N) is 2. The van der Waals surface area contributed by atoms with Crippen molar-refractivity contribution in [2.75, 3.05) is 38.7 Å². The quantitative estimate of drug-likeness (QED) is 0.290. The van der Waals surface area contributed by atoms with Crippen LogP contribution in [0.5, 0.6) is 5.75 Å². The highest BCUT2D eigenvalue weighted by atomic mass is 19.3. The number of carboxylic acid groups (broad SMARTS) is 1. The highest BCUT2D eigenvalue weighted by molar-refractivity contribution is 5.77. The highest BCUT2D eigenvalue weighted by Crippen LogP contribution is 2.37. The van der Waals surface area contributed by atoms with E-state index in [1.807, 2.05) is 13.8 Å². The van der Waals surface area contributed by atoms with Crippen molar-refractivity contribution in [3.8, 4) is 5.75 Å². The van der Waals surface area contributed by atoms with Crippen LogP contribution < -0.4 is 10.1 Å². The Labute approximate surface area is 235 Å². The third kappa shape index (κ3) is 7.67. The molecule has 1 fully saturated rings. The van der Waals surface area contributed by atoms with Crippen molar-refractivity contribution < 1.29 is 32.9 Å². The van der Waals surface area contributed by atoms with Gasteiger partial charge in [0.1, 0.15) is 17.6 Å². The number of unbranched alkanes of at least 4 members (excludes halogenated alkanes) is 2. The van der Waals surface area contributed by atoms with Gasteiger partial charge in [0, 0.05) is 44.6 Å². The number of carboxylic acids is 1. The Balaban J connectivity index is 1.29. The molecule has 40 heavy (non-hydrogen) atoms. The number of ether oxygens (including phenoxy) is 3. The molecule has 0 aliphatic carbocycles. The first kappa shape index (κ1) is 30.1. The minimum absolute atomic E-state index is 0.117. The maximum Gasteiger partial charge on any atom is 0.387 e. The number of aliphatic carboxylic acids is 1. The molecule has 2 aliphatic rings. The monoisotopic (exact) mass is 561 g/mol. The lowest BCUT2D eigenvalue weighted by molar-refractivity contribution is -0.143. The van der Waals surface area contributed by atoms with Crippen LogP contribution in [0.1, 0.15) is 74.4 Å². The molecular formula is C30H41F2N3O5. The summed E-state index contributed by atoms with van der Waals surface area (Å²) in [7, 11) is 1.54. The molecule has 4 rings (SSSR count). The van der Waals surface area contributed by atoms with E-state index in [-0.39, 0.29) is 17.4 Å². The number of alkyl halides is 2. The summed E-state index contributed by atoms with van der Waals surface area (Å²) in [5, 5.41) is 13.5. The number of fused-ring (bicyclic) bond motifs is 1. The Hall–Kier alpha value is -2.82. The van der Waals surface area contributed by atoms with Gasteiger partial charge >= 0.3 is 12.6 Å². The van der Waals surface area contributed by atoms with Gasteiger partial charge in [-0.05, 0) is 81.7 Å². The molecule has 2 atom stereocenters. The first-order chi connectivity index (χ1) is 19.2. The smallest absolute Gasteiger partial charge is 0.387 e. The molecule has 0 radical (unpaired) electrons. The van der Waals surface area contributed by atoms with Crippen molar-refractivity contribution in [2.45, 2.75) is 83.2 Å². The van der Waals surface area contributed by atoms with Crippen molar-refractivity contribution in [3.63, 3.8) is 0 Å². The minimum atomic E-state index is -3.07. The van der Waals surface area contributed by atoms with E-state index in [1.54, 1.807) is 24.1 Å². The molecular weight excluding hydrogens is 520 g/mol. The van der Waals surface area contributed by atoms with Gasteiger partial charge in [0.2, 0.25) is 0 Å². The second-order valence-electron chi connectivity index (χ2n) is 11.0. The van der Waals surface area contributed by atoms with E-state index < -0.39 is 24.2 Å². The second kappa shape index (κ2) is 13.7. The molecule has 1 aromatic carbocycles. The number of hydrogen-bond acceptors (Lipinski definition) is 7. The summed E-state index contributed by atoms with van der Waals surface area (Å²) in [4.78, 5) is 18.9. The van der Waals surface area contributed by atoms with Crippen molar-refractivity contribution in [2.24, 2.45) is 0 Å². The third-order valence-electron chi connectivity index (χ3n) is 7.88. The first-order valence-electron chi connectivity index (χ1n) is 14.1. The van der Waals surface area contributed by atoms with Gasteiger partial charge in [0.05, 0.1) is 11.7 Å². The molecule has 10 heteroatoms. The molecule has 0 bridgehead atoms. The normalized spacial score (nSPS) is 18.4. The van der Waals surface area contributed by atoms with Crippen molar-refractivity contribution in [1.29, 1.82) is 0 Å². The van der Waals surface area contributed by atoms with Crippen LogP contribution in [0.15, 0.2) is 30.3 Å². The molecule has 1 aromatic heterocycles. The topological polar surface area (TPSA) is 93.2 Å². The average molecular weight is 562 g/mol. The molecule has 0 unspecified atom stereocenters. The maximum absolute atomic E-state index is 13.2. The molecule has 0 saturated carbocycles. The van der Waals surface area contributed by atoms with Gasteiger partial charge in [-0.1, -0.05) is 18.6 Å². The standard InChI is InChI=1S/C30H41F2N3O5/c1-30(2,38-3)21-11-13-25(40-29(31)32)24(18-21)26(28(36)37)35-16-14-23(19-35)39-17-6-4-5-9-22-12-10-20-8-7-15-33-27(20)34-22/h10-13,18,23,26,29H,4-9,14-17,19H2,1-3H3,(H,33,34)(H,36,37)/t23-,26-/m1/s1. The van der Waals surface area contributed by atoms with Crippen LogP contribution in [0.3, 0.4) is 0 Å². The number of hydrogen-bond donors (Lipinski definition) is 2. The Morgan fingerprint density at radius 1 is 1.23 bits per heavy atom. The van der Waals surface area contributed by atoms with Crippen LogP contribution >= 0.6 is 0 Å². The van der Waals surface area contributed by atoms with Gasteiger partial charge in [-0.3, -0.25) is 9.69 Å². The summed E-state index contributed by atoms with van der Waals surface area (Å²) in [5.41, 5.74) is 2.52. The predicted octanol–water partition coefficient (Wildman–Crippen LogP) is 5.55. The number of carbonyl (C=O) groups is 1. The number of likely N-dealkylation sites (tertiary alicyclic amines) is 1. The number of rotatable bonds is 14. The molecule has 2 aliphatic heterocycles. The first-order valence-corrected chi connectivity index (χ1v) is 14.1. The zero-order valence-corrected chi connectivity index (χ0v) is 23.6. The summed E-state index contributed by atoms with van der Waals surface area (Å²) in [6, 6.07) is 7.78. The Morgan fingerprint density at radius 3 is 2.80 bits per heavy atom. The van der Waals surface area contributed by atoms with Gasteiger partial charge in [-0.25, -0.2) is 4.98 Å². The molecule has 220 valence electrons. The lowest BCUT2D eigenvalue weighted by Crippen LogP contribution is -2.34. The van der Waals surface area contributed by atoms with Crippen molar-refractivity contribution in [3.05, 3.63) is 52.7 Å². The van der Waals surface area contributed by atoms with E-state index in [0.717, 1.165) is 56.6 Å². The summed E-state index contributed by atoms with van der Waals surface area (Å²) >= 11 is 0. The number of methoxy groups -OCH3 is 1. The minimum Gasteiger partial charge on any atom is -0.480 e. The van der Waals surface area contributed by atoms with E-state index in [0.29, 0.717) is 31.7 Å². The van der Waals surface area contributed by atoms with Gasteiger partial charge in [0.25, 0.3) is 0 Å². The number of aryl methyl sites for hydroxylation is 2. The Kier molecular flexibility index (Phi) is 10.3. The fourth-order valence-electron chi connectivity index (χ4n) is 5.41. The molecule has 2 aromatic rings. The molecule has 1 saturated heterocycles. The summed E-state index contributed by atoms with van der Waals surface area (Å²) in [6.45, 7) is 3.04. The largest absolute Gasteiger partial charge is 0.480 e. The molecule has 0 amide bonds. The van der Waals surface area contributed by atoms with Crippen LogP contribution in [0.4, 0.5) is 14.6 Å². The van der Waals surface area contributed by atoms with Crippen LogP contribution in [-0.2, 0) is 32.7 Å². The van der Waals surface area contributed by atoms with Crippen molar-refractivity contribution in [1.82, 2.24) is 9.88 Å². The van der Waals surface area contributed by atoms with Gasteiger partial charge in [0.15, 0.2) is 0 Å². The van der Waals surface area contributed by atoms with E-state index >= 15 is 0 Å². The van der Waals surface area contributed by atoms with E-state index in [2.05, 4.69) is 17.4 Å². The lowest BCUT2D eigenvalue weighted by Gasteiger charge is -2.29. The van der Waals surface area contributed by atoms with Crippen LogP contribution in [0.25, 0.3) is 0 Å². The highest BCUT2D eigenvalue weighted by Gasteiger charge is 2.37. The summed E-state index contributed by atoms with van der Waals surface area (Å²) < 4.78 is 42.7. The zero-order chi connectivity index (χ0) is 28.7. The van der Waals surface area contributed by atoms with Crippen LogP contribution in [-0.4, -0.2) is 67.0 Å². The molecule has 3 heterocycles. The predicted molar refractivity (Wildman–Crippen MR) is 148 cm³/mol. The Bertz CT molecular complexity index is 1150. The second-order valence-corrected chi connectivity index (χ2v) is 11.0. The maximum atomic E-state index is 13.2. The van der Waals surface area contributed by atoms with E-state index in [1.165, 1.54) is 11.6 Å². The van der Waals surface area contributed by atoms with E-state index in [9.17, 15) is 18.7 Å². The number of halogens is 2. The molecule has 2 N–H and O–H groups in total. The fourth-order valence-corrected chi connectivity index (χ4v) is 5.41. The fraction of sp³-hybridized carbons (Fsp3) is 0.600. The van der Waals surface area contributed by atoms with Gasteiger partial charge in [-0.2, -0.15) is 8.78 Å². The van der Waals surface area contributed by atoms with Gasteiger partial charge < -0.3 is 24.6 Å². The lowest BCUT2D eigenvalue weighted by atomic mass is 9.93. The Morgan fingerprint density at radius 2 is 2.05 bits per heavy atom. The van der Waals surface area contributed by atoms with E-state index in [4.69, 9.17) is 19.2 Å². The molecule has 8 nitrogen and oxygen atoms in total. The molecule has 0 spiro atoms. The number of benzene rings is 1. The van der Waals surface area contributed by atoms with Gasteiger partial charge in [-0.15, -0.1) is 0 Å². The number of aromatic nitrogens is 1. The number of pyridine rings is 1. The summed E-state index contributed by atoms with van der Waals surface area (Å²) in [5.74, 6) is -0.246.